The van der Waals surface area contributed by atoms with E-state index in [1.807, 2.05) is 26.0 Å². The Hall–Kier alpha value is -2.13. The molecule has 2 aromatic carbocycles. The number of aryl methyl sites for hydroxylation is 2. The molecule has 2 unspecified atom stereocenters. The van der Waals surface area contributed by atoms with E-state index in [2.05, 4.69) is 20.9 Å². The van der Waals surface area contributed by atoms with Crippen molar-refractivity contribution >= 4 is 38.9 Å². The molecule has 144 valence electrons. The summed E-state index contributed by atoms with van der Waals surface area (Å²) in [6.07, 6.45) is 0. The van der Waals surface area contributed by atoms with Crippen molar-refractivity contribution in [2.75, 3.05) is 16.6 Å². The van der Waals surface area contributed by atoms with E-state index < -0.39 is 27.2 Å². The smallest absolute Gasteiger partial charge is 0.250 e. The summed E-state index contributed by atoms with van der Waals surface area (Å²) in [5.41, 5.74) is 8.31. The minimum atomic E-state index is -3.84. The van der Waals surface area contributed by atoms with Crippen LogP contribution in [0.1, 0.15) is 11.1 Å². The molecule has 0 radical (unpaired) electrons. The van der Waals surface area contributed by atoms with Crippen LogP contribution in [0, 0.1) is 19.8 Å². The van der Waals surface area contributed by atoms with Crippen molar-refractivity contribution in [2.45, 2.75) is 19.2 Å². The molecule has 1 aliphatic heterocycles. The maximum Gasteiger partial charge on any atom is 0.250 e. The number of hydrazine groups is 1. The van der Waals surface area contributed by atoms with Gasteiger partial charge in [0.2, 0.25) is 5.91 Å². The summed E-state index contributed by atoms with van der Waals surface area (Å²) in [7, 11) is -3.84. The Balaban J connectivity index is 1.74. The van der Waals surface area contributed by atoms with Crippen LogP contribution in [0.5, 0.6) is 0 Å². The Bertz CT molecular complexity index is 948. The van der Waals surface area contributed by atoms with Gasteiger partial charge in [-0.3, -0.25) is 14.9 Å². The van der Waals surface area contributed by atoms with E-state index >= 15 is 0 Å². The monoisotopic (exact) mass is 408 g/mol. The molecule has 0 aliphatic carbocycles. The number of halogens is 1. The van der Waals surface area contributed by atoms with Gasteiger partial charge in [0.05, 0.1) is 5.92 Å². The third-order valence-corrected chi connectivity index (χ3v) is 6.40. The number of anilines is 2. The fraction of sp³-hybridized carbons (Fsp3) is 0.278. The Kier molecular flexibility index (Phi) is 5.71. The molecule has 0 spiro atoms. The Morgan fingerprint density at radius 2 is 1.78 bits per heavy atom. The van der Waals surface area contributed by atoms with Gasteiger partial charge in [0, 0.05) is 22.9 Å². The molecule has 2 aromatic rings. The fourth-order valence-corrected chi connectivity index (χ4v) is 4.42. The number of carbonyl (C=O) groups excluding carboxylic acids is 1. The van der Waals surface area contributed by atoms with E-state index in [1.165, 1.54) is 0 Å². The molecule has 7 nitrogen and oxygen atoms in total. The van der Waals surface area contributed by atoms with Gasteiger partial charge in [0.25, 0.3) is 10.0 Å². The number of amides is 1. The summed E-state index contributed by atoms with van der Waals surface area (Å²) in [6.45, 7) is 3.96. The van der Waals surface area contributed by atoms with Crippen LogP contribution < -0.4 is 20.9 Å². The predicted molar refractivity (Wildman–Crippen MR) is 107 cm³/mol. The minimum absolute atomic E-state index is 0.185. The summed E-state index contributed by atoms with van der Waals surface area (Å²) in [5.74, 6) is -1.22. The lowest BCUT2D eigenvalue weighted by molar-refractivity contribution is -0.119. The standard InChI is InChI=1S/C18H21ClN4O3S/c1-11-3-6-13(7-4-11)23-27(25,26)18-15(10-20-22-18)17(24)21-14-8-5-12(2)16(19)9-14/h3-9,15,18,20,22-23H,10H2,1-2H3,(H,21,24). The summed E-state index contributed by atoms with van der Waals surface area (Å²) in [4.78, 5) is 12.6. The second-order valence-corrected chi connectivity index (χ2v) is 8.73. The molecule has 3 rings (SSSR count). The molecule has 1 heterocycles. The van der Waals surface area contributed by atoms with E-state index in [-0.39, 0.29) is 6.54 Å². The topological polar surface area (TPSA) is 99.3 Å². The highest BCUT2D eigenvalue weighted by atomic mass is 35.5. The normalized spacial score (nSPS) is 19.7. The fourth-order valence-electron chi connectivity index (χ4n) is 2.76. The maximum atomic E-state index is 12.7. The maximum absolute atomic E-state index is 12.7. The lowest BCUT2D eigenvalue weighted by atomic mass is 10.1. The molecule has 4 N–H and O–H groups in total. The highest BCUT2D eigenvalue weighted by Crippen LogP contribution is 2.23. The van der Waals surface area contributed by atoms with Crippen LogP contribution in [0.15, 0.2) is 42.5 Å². The van der Waals surface area contributed by atoms with Crippen LogP contribution in [0.3, 0.4) is 0 Å². The van der Waals surface area contributed by atoms with Crippen LogP contribution in [0.25, 0.3) is 0 Å². The first kappa shape index (κ1) is 19.6. The van der Waals surface area contributed by atoms with Gasteiger partial charge in [-0.15, -0.1) is 0 Å². The van der Waals surface area contributed by atoms with Crippen molar-refractivity contribution in [1.82, 2.24) is 10.9 Å². The first-order valence-electron chi connectivity index (χ1n) is 8.40. The van der Waals surface area contributed by atoms with Crippen LogP contribution in [-0.2, 0) is 14.8 Å². The van der Waals surface area contributed by atoms with Crippen LogP contribution in [0.2, 0.25) is 5.02 Å². The van der Waals surface area contributed by atoms with E-state index in [9.17, 15) is 13.2 Å². The van der Waals surface area contributed by atoms with Crippen molar-refractivity contribution in [3.05, 3.63) is 58.6 Å². The van der Waals surface area contributed by atoms with Crippen molar-refractivity contribution in [3.8, 4) is 0 Å². The quantitative estimate of drug-likeness (QED) is 0.608. The zero-order valence-corrected chi connectivity index (χ0v) is 16.5. The van der Waals surface area contributed by atoms with Gasteiger partial charge in [-0.2, -0.15) is 0 Å². The molecule has 9 heteroatoms. The molecular weight excluding hydrogens is 388 g/mol. The average Bonchev–Trinajstić information content (AvgIpc) is 3.11. The first-order valence-corrected chi connectivity index (χ1v) is 10.3. The number of carbonyl (C=O) groups is 1. The zero-order chi connectivity index (χ0) is 19.6. The lowest BCUT2D eigenvalue weighted by Gasteiger charge is -2.19. The van der Waals surface area contributed by atoms with Gasteiger partial charge >= 0.3 is 0 Å². The predicted octanol–water partition coefficient (Wildman–Crippen LogP) is 2.39. The van der Waals surface area contributed by atoms with Crippen LogP contribution in [0.4, 0.5) is 11.4 Å². The average molecular weight is 409 g/mol. The highest BCUT2D eigenvalue weighted by Gasteiger charge is 2.41. The highest BCUT2D eigenvalue weighted by molar-refractivity contribution is 7.93. The van der Waals surface area contributed by atoms with Crippen LogP contribution >= 0.6 is 11.6 Å². The number of benzene rings is 2. The Morgan fingerprint density at radius 3 is 2.44 bits per heavy atom. The van der Waals surface area contributed by atoms with Gasteiger partial charge in [-0.1, -0.05) is 35.4 Å². The molecule has 27 heavy (non-hydrogen) atoms. The Labute approximate surface area is 163 Å². The van der Waals surface area contributed by atoms with E-state index in [0.717, 1.165) is 11.1 Å². The number of nitrogens with one attached hydrogen (secondary N) is 4. The first-order chi connectivity index (χ1) is 12.8. The number of sulfonamides is 1. The number of hydrogen-bond acceptors (Lipinski definition) is 5. The third kappa shape index (κ3) is 4.59. The number of rotatable bonds is 5. The van der Waals surface area contributed by atoms with Crippen molar-refractivity contribution < 1.29 is 13.2 Å². The number of hydrogen-bond donors (Lipinski definition) is 4. The van der Waals surface area contributed by atoms with E-state index in [1.54, 1.807) is 30.3 Å². The van der Waals surface area contributed by atoms with Crippen molar-refractivity contribution in [3.63, 3.8) is 0 Å². The van der Waals surface area contributed by atoms with E-state index in [0.29, 0.717) is 16.4 Å². The lowest BCUT2D eigenvalue weighted by Crippen LogP contribution is -2.45. The molecule has 0 bridgehead atoms. The summed E-state index contributed by atoms with van der Waals surface area (Å²) in [5, 5.41) is 2.15. The second kappa shape index (κ2) is 7.85. The minimum Gasteiger partial charge on any atom is -0.326 e. The van der Waals surface area contributed by atoms with Crippen molar-refractivity contribution in [1.29, 1.82) is 0 Å². The second-order valence-electron chi connectivity index (χ2n) is 6.52. The molecule has 1 saturated heterocycles. The van der Waals surface area contributed by atoms with Gasteiger partial charge in [-0.25, -0.2) is 13.8 Å². The zero-order valence-electron chi connectivity index (χ0n) is 14.9. The van der Waals surface area contributed by atoms with Crippen LogP contribution in [-0.4, -0.2) is 26.2 Å². The molecule has 2 atom stereocenters. The molecule has 1 aliphatic rings. The van der Waals surface area contributed by atoms with Gasteiger partial charge in [-0.05, 0) is 43.7 Å². The summed E-state index contributed by atoms with van der Waals surface area (Å²) < 4.78 is 28.0. The van der Waals surface area contributed by atoms with Gasteiger partial charge in [0.15, 0.2) is 5.37 Å². The molecular formula is C18H21ClN4O3S. The SMILES string of the molecule is Cc1ccc(NS(=O)(=O)C2NNCC2C(=O)Nc2ccc(C)c(Cl)c2)cc1. The summed E-state index contributed by atoms with van der Waals surface area (Å²) in [6, 6.07) is 12.1. The van der Waals surface area contributed by atoms with E-state index in [4.69, 9.17) is 11.6 Å². The Morgan fingerprint density at radius 1 is 1.11 bits per heavy atom. The summed E-state index contributed by atoms with van der Waals surface area (Å²) >= 11 is 6.08. The molecule has 0 saturated carbocycles. The van der Waals surface area contributed by atoms with Gasteiger partial charge < -0.3 is 5.32 Å². The molecule has 1 fully saturated rings. The molecule has 1 amide bonds. The van der Waals surface area contributed by atoms with Crippen molar-refractivity contribution in [2.24, 2.45) is 5.92 Å². The molecule has 0 aromatic heterocycles. The largest absolute Gasteiger partial charge is 0.326 e. The van der Waals surface area contributed by atoms with Gasteiger partial charge in [0.1, 0.15) is 0 Å². The third-order valence-electron chi connectivity index (χ3n) is 4.35.